The molecule has 1 amide bonds. The Labute approximate surface area is 205 Å². The molecule has 1 unspecified atom stereocenters. The summed E-state index contributed by atoms with van der Waals surface area (Å²) >= 11 is 4.11. The first-order chi connectivity index (χ1) is 16.6. The highest BCUT2D eigenvalue weighted by molar-refractivity contribution is 7.81. The number of hydrogen-bond acceptors (Lipinski definition) is 6. The van der Waals surface area contributed by atoms with E-state index in [0.29, 0.717) is 19.0 Å². The number of rotatable bonds is 10. The average Bonchev–Trinajstić information content (AvgIpc) is 2.95. The van der Waals surface area contributed by atoms with Crippen molar-refractivity contribution in [3.63, 3.8) is 0 Å². The maximum atomic E-state index is 12.3. The molecule has 178 valence electrons. The van der Waals surface area contributed by atoms with Gasteiger partial charge in [0.05, 0.1) is 25.6 Å². The van der Waals surface area contributed by atoms with Crippen molar-refractivity contribution in [1.29, 1.82) is 0 Å². The Bertz CT molecular complexity index is 1120. The summed E-state index contributed by atoms with van der Waals surface area (Å²) in [5.74, 6) is 0.363. The number of carbonyl (C=O) groups excluding carboxylic acids is 1. The monoisotopic (exact) mass is 478 g/mol. The molecule has 0 aliphatic carbocycles. The van der Waals surface area contributed by atoms with Crippen LogP contribution in [0, 0.1) is 0 Å². The summed E-state index contributed by atoms with van der Waals surface area (Å²) in [4.78, 5) is 12.3. The summed E-state index contributed by atoms with van der Waals surface area (Å²) in [7, 11) is 3.49. The Hall–Kier alpha value is -3.20. The zero-order valence-corrected chi connectivity index (χ0v) is 20.3. The second kappa shape index (κ2) is 13.5. The van der Waals surface area contributed by atoms with E-state index in [4.69, 9.17) is 9.47 Å². The standard InChI is InChI=1S/C26H30N4O3S/c1-30-22(17-32-2)13-8-9-15-27-29-26(30)24(28-25(31)19-34)18-33-16-21-12-6-7-14-23(21)20-10-4-3-5-11-20/h3-15,24,34H,16-19H2,1-2H3,(H,28,31). The fourth-order valence-electron chi connectivity index (χ4n) is 3.52. The highest BCUT2D eigenvalue weighted by Crippen LogP contribution is 2.24. The lowest BCUT2D eigenvalue weighted by Crippen LogP contribution is -2.35. The van der Waals surface area contributed by atoms with E-state index in [0.717, 1.165) is 22.4 Å². The first kappa shape index (κ1) is 25.4. The maximum Gasteiger partial charge on any atom is 0.230 e. The summed E-state index contributed by atoms with van der Waals surface area (Å²) in [6, 6.07) is 23.3. The maximum absolute atomic E-state index is 12.3. The molecule has 0 saturated heterocycles. The first-order valence-corrected chi connectivity index (χ1v) is 11.6. The Morgan fingerprint density at radius 1 is 1.03 bits per heavy atom. The van der Waals surface area contributed by atoms with Crippen LogP contribution in [0.4, 0.5) is 0 Å². The molecule has 0 bridgehead atoms. The van der Waals surface area contributed by atoms with Crippen LogP contribution in [0.3, 0.4) is 0 Å². The van der Waals surface area contributed by atoms with Crippen LogP contribution in [0.25, 0.3) is 11.1 Å². The van der Waals surface area contributed by atoms with Crippen molar-refractivity contribution in [2.75, 3.05) is 19.5 Å². The fourth-order valence-corrected chi connectivity index (χ4v) is 3.61. The van der Waals surface area contributed by atoms with Crippen LogP contribution in [0.1, 0.15) is 23.1 Å². The van der Waals surface area contributed by atoms with Gasteiger partial charge in [-0.25, -0.2) is 0 Å². The highest BCUT2D eigenvalue weighted by Gasteiger charge is 2.19. The first-order valence-electron chi connectivity index (χ1n) is 10.9. The lowest BCUT2D eigenvalue weighted by Gasteiger charge is -2.21. The van der Waals surface area contributed by atoms with E-state index in [1.807, 2.05) is 60.1 Å². The highest BCUT2D eigenvalue weighted by atomic mass is 32.1. The van der Waals surface area contributed by atoms with E-state index < -0.39 is 6.04 Å². The molecule has 1 heterocycles. The number of amides is 1. The molecule has 8 heteroatoms. The van der Waals surface area contributed by atoms with Gasteiger partial charge >= 0.3 is 0 Å². The molecule has 0 radical (unpaired) electrons. The van der Waals surface area contributed by atoms with Crippen molar-refractivity contribution >= 4 is 18.5 Å². The van der Waals surface area contributed by atoms with E-state index in [-0.39, 0.29) is 18.3 Å². The lowest BCUT2D eigenvalue weighted by atomic mass is 10.0. The number of methoxy groups -OCH3 is 1. The predicted molar refractivity (Wildman–Crippen MR) is 136 cm³/mol. The van der Waals surface area contributed by atoms with Gasteiger partial charge in [0.2, 0.25) is 5.91 Å². The van der Waals surface area contributed by atoms with Gasteiger partial charge in [-0.3, -0.25) is 4.79 Å². The van der Waals surface area contributed by atoms with E-state index in [2.05, 4.69) is 46.3 Å². The van der Waals surface area contributed by atoms with Crippen LogP contribution < -0.4 is 5.32 Å². The van der Waals surface area contributed by atoms with Gasteiger partial charge in [0.25, 0.3) is 0 Å². The molecule has 0 fully saturated rings. The van der Waals surface area contributed by atoms with E-state index >= 15 is 0 Å². The van der Waals surface area contributed by atoms with Gasteiger partial charge in [0.15, 0.2) is 5.82 Å². The Balaban J connectivity index is 1.88. The number of benzene rings is 2. The number of ether oxygens (including phenoxy) is 2. The van der Waals surface area contributed by atoms with Crippen LogP contribution in [0.5, 0.6) is 0 Å². The quantitative estimate of drug-likeness (QED) is 0.430. The molecule has 1 N–H and O–H groups in total. The molecular formula is C26H30N4O3S. The minimum atomic E-state index is -0.538. The fraction of sp³-hybridized carbons (Fsp3) is 0.269. The third-order valence-electron chi connectivity index (χ3n) is 5.21. The topological polar surface area (TPSA) is 78.3 Å². The van der Waals surface area contributed by atoms with Crippen LogP contribution in [-0.2, 0) is 34.5 Å². The zero-order valence-electron chi connectivity index (χ0n) is 19.4. The molecule has 0 saturated carbocycles. The Morgan fingerprint density at radius 2 is 1.76 bits per heavy atom. The van der Waals surface area contributed by atoms with Gasteiger partial charge < -0.3 is 19.4 Å². The zero-order chi connectivity index (χ0) is 24.2. The van der Waals surface area contributed by atoms with Crippen molar-refractivity contribution in [2.24, 2.45) is 7.05 Å². The van der Waals surface area contributed by atoms with Gasteiger partial charge in [0.1, 0.15) is 6.04 Å². The van der Waals surface area contributed by atoms with E-state index in [1.54, 1.807) is 19.4 Å². The van der Waals surface area contributed by atoms with Crippen LogP contribution >= 0.6 is 12.6 Å². The molecule has 2 aromatic carbocycles. The van der Waals surface area contributed by atoms with Gasteiger partial charge in [-0.05, 0) is 28.8 Å². The van der Waals surface area contributed by atoms with Crippen molar-refractivity contribution in [3.05, 3.63) is 96.1 Å². The molecule has 1 aromatic heterocycles. The molecule has 3 aromatic rings. The SMILES string of the molecule is COCc1ccccnnc(C(COCc2ccccc2-c2ccccc2)NC(=O)CS)n1C. The normalized spacial score (nSPS) is 11.5. The Morgan fingerprint density at radius 3 is 2.53 bits per heavy atom. The third kappa shape index (κ3) is 7.15. The minimum absolute atomic E-state index is 0.0515. The largest absolute Gasteiger partial charge is 0.378 e. The third-order valence-corrected chi connectivity index (χ3v) is 5.50. The molecule has 1 atom stereocenters. The van der Waals surface area contributed by atoms with Crippen LogP contribution in [0.15, 0.2) is 79.0 Å². The second-order valence-electron chi connectivity index (χ2n) is 7.57. The number of thiol groups is 1. The number of nitrogens with one attached hydrogen (secondary N) is 1. The number of nitrogens with zero attached hydrogens (tertiary/aromatic N) is 3. The van der Waals surface area contributed by atoms with E-state index in [1.165, 1.54) is 0 Å². The van der Waals surface area contributed by atoms with Crippen LogP contribution in [0.2, 0.25) is 0 Å². The van der Waals surface area contributed by atoms with Crippen LogP contribution in [-0.4, -0.2) is 40.1 Å². The van der Waals surface area contributed by atoms with Gasteiger partial charge in [-0.15, -0.1) is 5.10 Å². The van der Waals surface area contributed by atoms with Crippen molar-refractivity contribution < 1.29 is 14.3 Å². The lowest BCUT2D eigenvalue weighted by molar-refractivity contribution is -0.119. The number of carbonyl (C=O) groups is 1. The molecular weight excluding hydrogens is 448 g/mol. The number of hydrogen-bond donors (Lipinski definition) is 2. The second-order valence-corrected chi connectivity index (χ2v) is 7.89. The van der Waals surface area contributed by atoms with E-state index in [9.17, 15) is 4.79 Å². The summed E-state index contributed by atoms with van der Waals surface area (Å²) in [6.07, 6.45) is 1.59. The average molecular weight is 479 g/mol. The van der Waals surface area contributed by atoms with Crippen molar-refractivity contribution in [1.82, 2.24) is 20.1 Å². The molecule has 7 nitrogen and oxygen atoms in total. The molecule has 0 spiro atoms. The summed E-state index contributed by atoms with van der Waals surface area (Å²) in [6.45, 7) is 0.953. The summed E-state index contributed by atoms with van der Waals surface area (Å²) < 4.78 is 13.3. The van der Waals surface area contributed by atoms with Crippen molar-refractivity contribution in [3.8, 4) is 11.1 Å². The molecule has 0 aliphatic heterocycles. The smallest absolute Gasteiger partial charge is 0.230 e. The predicted octanol–water partition coefficient (Wildman–Crippen LogP) is 4.06. The van der Waals surface area contributed by atoms with Crippen molar-refractivity contribution in [2.45, 2.75) is 19.3 Å². The van der Waals surface area contributed by atoms with Gasteiger partial charge in [-0.1, -0.05) is 60.7 Å². The Kier molecular flexibility index (Phi) is 10.1. The molecule has 0 aliphatic rings. The van der Waals surface area contributed by atoms with Gasteiger partial charge in [-0.2, -0.15) is 17.7 Å². The molecule has 3 rings (SSSR count). The summed E-state index contributed by atoms with van der Waals surface area (Å²) in [5, 5.41) is 11.5. The summed E-state index contributed by atoms with van der Waals surface area (Å²) in [5.41, 5.74) is 4.15. The van der Waals surface area contributed by atoms with Gasteiger partial charge in [0, 0.05) is 26.0 Å². The minimum Gasteiger partial charge on any atom is -0.378 e. The number of aromatic nitrogens is 3. The molecule has 34 heavy (non-hydrogen) atoms.